The fourth-order valence-electron chi connectivity index (χ4n) is 3.10. The molecule has 1 unspecified atom stereocenters. The number of aromatic nitrogens is 4. The van der Waals surface area contributed by atoms with Crippen LogP contribution in [0.4, 0.5) is 11.8 Å². The van der Waals surface area contributed by atoms with Crippen molar-refractivity contribution in [2.45, 2.75) is 51.5 Å². The largest absolute Gasteiger partial charge is 0.458 e. The molecule has 2 aromatic rings. The third-order valence-corrected chi connectivity index (χ3v) is 4.18. The topological polar surface area (TPSA) is 131 Å². The minimum absolute atomic E-state index is 0.0314. The summed E-state index contributed by atoms with van der Waals surface area (Å²) in [6.07, 6.45) is 1.45. The molecule has 3 atom stereocenters. The van der Waals surface area contributed by atoms with E-state index in [4.69, 9.17) is 20.9 Å². The van der Waals surface area contributed by atoms with Crippen molar-refractivity contribution in [1.29, 1.82) is 0 Å². The van der Waals surface area contributed by atoms with E-state index in [-0.39, 0.29) is 11.8 Å². The standard InChI is InChI=1S/C16H20N6O3/c1-4-6-16(5-2)7-10(24-9(3)23)14(25-16)22-8-19-11-12(17)20-15(18)21-13(11)22/h8,10,14H,5,7H2,1-3H3,(H4,17,18,20,21)/t10?,14-,16+/m1/s1. The van der Waals surface area contributed by atoms with Crippen LogP contribution in [0.3, 0.4) is 0 Å². The molecule has 0 aliphatic carbocycles. The summed E-state index contributed by atoms with van der Waals surface area (Å²) in [7, 11) is 0. The molecular weight excluding hydrogens is 324 g/mol. The maximum absolute atomic E-state index is 11.5. The summed E-state index contributed by atoms with van der Waals surface area (Å²) in [6.45, 7) is 5.08. The monoisotopic (exact) mass is 344 g/mol. The Hall–Kier alpha value is -2.86. The molecule has 0 aromatic carbocycles. The number of esters is 1. The van der Waals surface area contributed by atoms with Crippen LogP contribution in [-0.2, 0) is 14.3 Å². The predicted octanol–water partition coefficient (Wildman–Crippen LogP) is 1.01. The van der Waals surface area contributed by atoms with E-state index in [0.29, 0.717) is 24.0 Å². The molecule has 1 fully saturated rings. The first-order valence-corrected chi connectivity index (χ1v) is 7.93. The minimum Gasteiger partial charge on any atom is -0.458 e. The van der Waals surface area contributed by atoms with Crippen molar-refractivity contribution in [3.05, 3.63) is 6.33 Å². The molecular formula is C16H20N6O3. The number of nitrogen functional groups attached to an aromatic ring is 2. The van der Waals surface area contributed by atoms with Gasteiger partial charge in [-0.05, 0) is 13.3 Å². The molecule has 1 aliphatic rings. The zero-order chi connectivity index (χ0) is 18.2. The highest BCUT2D eigenvalue weighted by atomic mass is 16.6. The Morgan fingerprint density at radius 3 is 2.92 bits per heavy atom. The summed E-state index contributed by atoms with van der Waals surface area (Å²) in [4.78, 5) is 23.9. The molecule has 0 bridgehead atoms. The maximum Gasteiger partial charge on any atom is 0.303 e. The summed E-state index contributed by atoms with van der Waals surface area (Å²) in [5.41, 5.74) is 11.7. The number of carbonyl (C=O) groups excluding carboxylic acids is 1. The Kier molecular flexibility index (Phi) is 4.22. The molecule has 1 aliphatic heterocycles. The van der Waals surface area contributed by atoms with E-state index in [0.717, 1.165) is 0 Å². The van der Waals surface area contributed by atoms with Crippen molar-refractivity contribution in [3.63, 3.8) is 0 Å². The lowest BCUT2D eigenvalue weighted by Crippen LogP contribution is -2.25. The molecule has 2 aromatic heterocycles. The van der Waals surface area contributed by atoms with Gasteiger partial charge in [-0.3, -0.25) is 9.36 Å². The average Bonchev–Trinajstić information content (AvgIpc) is 3.09. The number of ether oxygens (including phenoxy) is 2. The van der Waals surface area contributed by atoms with Crippen molar-refractivity contribution in [2.75, 3.05) is 11.5 Å². The van der Waals surface area contributed by atoms with Gasteiger partial charge in [0.15, 0.2) is 23.8 Å². The van der Waals surface area contributed by atoms with Gasteiger partial charge in [-0.1, -0.05) is 12.8 Å². The van der Waals surface area contributed by atoms with E-state index in [1.807, 2.05) is 6.92 Å². The number of carbonyl (C=O) groups is 1. The van der Waals surface area contributed by atoms with Crippen LogP contribution in [-0.4, -0.2) is 37.2 Å². The summed E-state index contributed by atoms with van der Waals surface area (Å²) < 4.78 is 13.3. The SMILES string of the molecule is CC#C[C@@]1(CC)CC(OC(C)=O)[C@H](n2cnc3c(N)nc(N)nc32)O1. The summed E-state index contributed by atoms with van der Waals surface area (Å²) in [6, 6.07) is 0. The van der Waals surface area contributed by atoms with Crippen molar-refractivity contribution < 1.29 is 14.3 Å². The Balaban J connectivity index is 2.09. The van der Waals surface area contributed by atoms with Crippen LogP contribution >= 0.6 is 0 Å². The third kappa shape index (κ3) is 2.96. The smallest absolute Gasteiger partial charge is 0.303 e. The number of hydrogen-bond acceptors (Lipinski definition) is 8. The first-order chi connectivity index (χ1) is 11.9. The van der Waals surface area contributed by atoms with Gasteiger partial charge >= 0.3 is 5.97 Å². The molecule has 0 saturated carbocycles. The maximum atomic E-state index is 11.5. The Labute approximate surface area is 144 Å². The van der Waals surface area contributed by atoms with Crippen LogP contribution in [0.2, 0.25) is 0 Å². The van der Waals surface area contributed by atoms with Gasteiger partial charge in [-0.15, -0.1) is 5.92 Å². The molecule has 9 nitrogen and oxygen atoms in total. The zero-order valence-corrected chi connectivity index (χ0v) is 14.3. The van der Waals surface area contributed by atoms with Crippen LogP contribution in [0.1, 0.15) is 39.8 Å². The number of nitrogens with two attached hydrogens (primary N) is 2. The number of fused-ring (bicyclic) bond motifs is 1. The predicted molar refractivity (Wildman–Crippen MR) is 90.9 cm³/mol. The van der Waals surface area contributed by atoms with Crippen molar-refractivity contribution in [3.8, 4) is 11.8 Å². The highest BCUT2D eigenvalue weighted by Crippen LogP contribution is 2.41. The van der Waals surface area contributed by atoms with E-state index >= 15 is 0 Å². The van der Waals surface area contributed by atoms with E-state index < -0.39 is 23.9 Å². The normalized spacial score (nSPS) is 25.6. The second-order valence-corrected chi connectivity index (χ2v) is 5.87. The molecule has 4 N–H and O–H groups in total. The average molecular weight is 344 g/mol. The van der Waals surface area contributed by atoms with Gasteiger partial charge in [0.25, 0.3) is 0 Å². The van der Waals surface area contributed by atoms with Gasteiger partial charge in [0.2, 0.25) is 5.95 Å². The Bertz CT molecular complexity index is 883. The lowest BCUT2D eigenvalue weighted by Gasteiger charge is -2.22. The second kappa shape index (κ2) is 6.22. The van der Waals surface area contributed by atoms with Gasteiger partial charge in [0, 0.05) is 13.3 Å². The molecule has 132 valence electrons. The zero-order valence-electron chi connectivity index (χ0n) is 14.3. The lowest BCUT2D eigenvalue weighted by molar-refractivity contribution is -0.152. The van der Waals surface area contributed by atoms with E-state index in [1.54, 1.807) is 11.5 Å². The number of rotatable bonds is 3. The van der Waals surface area contributed by atoms with Crippen molar-refractivity contribution in [2.24, 2.45) is 0 Å². The molecule has 0 spiro atoms. The second-order valence-electron chi connectivity index (χ2n) is 5.87. The van der Waals surface area contributed by atoms with Gasteiger partial charge in [0.05, 0.1) is 6.33 Å². The van der Waals surface area contributed by atoms with E-state index in [9.17, 15) is 4.79 Å². The number of hydrogen-bond donors (Lipinski definition) is 2. The molecule has 0 amide bonds. The fourth-order valence-corrected chi connectivity index (χ4v) is 3.10. The minimum atomic E-state index is -0.708. The third-order valence-electron chi connectivity index (χ3n) is 4.18. The van der Waals surface area contributed by atoms with Gasteiger partial charge in [-0.25, -0.2) is 4.98 Å². The van der Waals surface area contributed by atoms with Crippen LogP contribution < -0.4 is 11.5 Å². The molecule has 3 heterocycles. The first kappa shape index (κ1) is 17.0. The van der Waals surface area contributed by atoms with Crippen LogP contribution in [0.5, 0.6) is 0 Å². The quantitative estimate of drug-likeness (QED) is 0.623. The molecule has 3 rings (SSSR count). The van der Waals surface area contributed by atoms with E-state index in [2.05, 4.69) is 26.8 Å². The van der Waals surface area contributed by atoms with Crippen LogP contribution in [0.25, 0.3) is 11.2 Å². The van der Waals surface area contributed by atoms with Crippen LogP contribution in [0, 0.1) is 11.8 Å². The molecule has 25 heavy (non-hydrogen) atoms. The Morgan fingerprint density at radius 2 is 2.28 bits per heavy atom. The first-order valence-electron chi connectivity index (χ1n) is 7.93. The number of anilines is 2. The van der Waals surface area contributed by atoms with Gasteiger partial charge in [0.1, 0.15) is 11.1 Å². The summed E-state index contributed by atoms with van der Waals surface area (Å²) >= 11 is 0. The fraction of sp³-hybridized carbons (Fsp3) is 0.500. The molecule has 0 radical (unpaired) electrons. The van der Waals surface area contributed by atoms with Gasteiger partial charge < -0.3 is 20.9 Å². The molecule has 1 saturated heterocycles. The van der Waals surface area contributed by atoms with Gasteiger partial charge in [-0.2, -0.15) is 9.97 Å². The highest BCUT2D eigenvalue weighted by Gasteiger charge is 2.48. The van der Waals surface area contributed by atoms with Crippen molar-refractivity contribution in [1.82, 2.24) is 19.5 Å². The lowest BCUT2D eigenvalue weighted by atomic mass is 9.96. The van der Waals surface area contributed by atoms with Crippen LogP contribution in [0.15, 0.2) is 6.33 Å². The summed E-state index contributed by atoms with van der Waals surface area (Å²) in [5, 5.41) is 0. The number of nitrogens with zero attached hydrogens (tertiary/aromatic N) is 4. The molecule has 9 heteroatoms. The van der Waals surface area contributed by atoms with E-state index in [1.165, 1.54) is 13.3 Å². The highest BCUT2D eigenvalue weighted by molar-refractivity contribution is 5.82. The summed E-state index contributed by atoms with van der Waals surface area (Å²) in [5.74, 6) is 5.80. The number of imidazole rings is 1. The Morgan fingerprint density at radius 1 is 1.52 bits per heavy atom. The van der Waals surface area contributed by atoms with Crippen molar-refractivity contribution >= 4 is 28.9 Å².